The molecule has 9 heteroatoms. The van der Waals surface area contributed by atoms with Gasteiger partial charge >= 0.3 is 0 Å². The smallest absolute Gasteiger partial charge is 0.273 e. The summed E-state index contributed by atoms with van der Waals surface area (Å²) < 4.78 is 1.75. The summed E-state index contributed by atoms with van der Waals surface area (Å²) in [5.74, 6) is 0.269. The van der Waals surface area contributed by atoms with Crippen LogP contribution in [0.4, 0.5) is 5.82 Å². The monoisotopic (exact) mass is 445 g/mol. The van der Waals surface area contributed by atoms with Gasteiger partial charge in [-0.15, -0.1) is 0 Å². The number of aliphatic hydroxyl groups is 1. The van der Waals surface area contributed by atoms with E-state index in [1.165, 1.54) is 0 Å². The number of β-amino-alcohol motifs (C(OH)–C–C–N with tert-alkyl or cyclic N) is 1. The number of amides is 1. The summed E-state index contributed by atoms with van der Waals surface area (Å²) in [5.41, 5.74) is 3.89. The number of nitrogens with zero attached hydrogens (tertiary/aromatic N) is 7. The summed E-state index contributed by atoms with van der Waals surface area (Å²) >= 11 is 0. The lowest BCUT2D eigenvalue weighted by molar-refractivity contribution is 0.0599. The molecule has 9 nitrogen and oxygen atoms in total. The molecule has 0 spiro atoms. The maximum absolute atomic E-state index is 13.3. The molecule has 33 heavy (non-hydrogen) atoms. The zero-order chi connectivity index (χ0) is 23.1. The van der Waals surface area contributed by atoms with Gasteiger partial charge < -0.3 is 14.9 Å². The number of fused-ring (bicyclic) bond motifs is 1. The Morgan fingerprint density at radius 3 is 2.85 bits per heavy atom. The van der Waals surface area contributed by atoms with Crippen molar-refractivity contribution in [3.63, 3.8) is 0 Å². The van der Waals surface area contributed by atoms with Gasteiger partial charge in [-0.3, -0.25) is 9.78 Å². The number of carbonyl (C=O) groups is 1. The number of rotatable bonds is 3. The van der Waals surface area contributed by atoms with Crippen LogP contribution in [0.5, 0.6) is 0 Å². The predicted molar refractivity (Wildman–Crippen MR) is 122 cm³/mol. The van der Waals surface area contributed by atoms with Gasteiger partial charge in [-0.05, 0) is 50.8 Å². The second-order valence-electron chi connectivity index (χ2n) is 9.06. The molecule has 5 heterocycles. The minimum absolute atomic E-state index is 0.0705. The van der Waals surface area contributed by atoms with Crippen LogP contribution < -0.4 is 4.90 Å². The highest BCUT2D eigenvalue weighted by Crippen LogP contribution is 2.33. The van der Waals surface area contributed by atoms with Crippen molar-refractivity contribution >= 4 is 17.4 Å². The summed E-state index contributed by atoms with van der Waals surface area (Å²) in [4.78, 5) is 26.2. The Balaban J connectivity index is 1.46. The van der Waals surface area contributed by atoms with Gasteiger partial charge in [0.25, 0.3) is 5.91 Å². The first-order chi connectivity index (χ1) is 15.9. The number of aromatic nitrogens is 4. The Morgan fingerprint density at radius 1 is 1.24 bits per heavy atom. The molecule has 0 bridgehead atoms. The van der Waals surface area contributed by atoms with Crippen LogP contribution in [-0.2, 0) is 0 Å². The predicted octanol–water partition coefficient (Wildman–Crippen LogP) is 2.43. The highest BCUT2D eigenvalue weighted by molar-refractivity contribution is 5.92. The number of piperidine rings is 1. The third kappa shape index (κ3) is 3.91. The quantitative estimate of drug-likeness (QED) is 0.659. The van der Waals surface area contributed by atoms with Crippen LogP contribution in [0.3, 0.4) is 0 Å². The molecule has 3 unspecified atom stereocenters. The molecule has 1 N–H and O–H groups in total. The molecule has 170 valence electrons. The van der Waals surface area contributed by atoms with E-state index in [4.69, 9.17) is 10.1 Å². The van der Waals surface area contributed by atoms with Crippen LogP contribution >= 0.6 is 0 Å². The zero-order valence-electron chi connectivity index (χ0n) is 18.8. The third-order valence-corrected chi connectivity index (χ3v) is 6.62. The van der Waals surface area contributed by atoms with Gasteiger partial charge in [-0.2, -0.15) is 10.4 Å². The van der Waals surface area contributed by atoms with Crippen molar-refractivity contribution in [1.82, 2.24) is 24.5 Å². The number of nitriles is 1. The van der Waals surface area contributed by atoms with E-state index in [9.17, 15) is 15.2 Å². The molecule has 0 radical (unpaired) electrons. The van der Waals surface area contributed by atoms with Crippen molar-refractivity contribution in [3.8, 4) is 6.07 Å². The number of aryl methyl sites for hydroxylation is 2. The highest BCUT2D eigenvalue weighted by atomic mass is 16.3. The molecule has 3 aromatic heterocycles. The number of aliphatic hydroxyl groups excluding tert-OH is 1. The average Bonchev–Trinajstić information content (AvgIpc) is 3.40. The zero-order valence-corrected chi connectivity index (χ0v) is 18.8. The molecule has 2 aliphatic heterocycles. The van der Waals surface area contributed by atoms with E-state index in [0.717, 1.165) is 41.9 Å². The highest BCUT2D eigenvalue weighted by Gasteiger charge is 2.34. The number of carbonyl (C=O) groups excluding carboxylic acids is 1. The third-order valence-electron chi connectivity index (χ3n) is 6.62. The fourth-order valence-corrected chi connectivity index (χ4v) is 4.87. The minimum atomic E-state index is -0.676. The van der Waals surface area contributed by atoms with Crippen molar-refractivity contribution in [2.75, 3.05) is 24.5 Å². The second kappa shape index (κ2) is 8.45. The van der Waals surface area contributed by atoms with E-state index in [0.29, 0.717) is 31.0 Å². The molecule has 1 amide bonds. The summed E-state index contributed by atoms with van der Waals surface area (Å²) in [7, 11) is 0. The van der Waals surface area contributed by atoms with Gasteiger partial charge in [-0.1, -0.05) is 0 Å². The van der Waals surface area contributed by atoms with Crippen LogP contribution in [-0.4, -0.2) is 61.2 Å². The van der Waals surface area contributed by atoms with Gasteiger partial charge in [0, 0.05) is 43.7 Å². The second-order valence-corrected chi connectivity index (χ2v) is 9.06. The molecule has 0 aliphatic carbocycles. The van der Waals surface area contributed by atoms with Crippen molar-refractivity contribution in [2.45, 2.75) is 45.3 Å². The first-order valence-corrected chi connectivity index (χ1v) is 11.4. The van der Waals surface area contributed by atoms with Crippen molar-refractivity contribution in [1.29, 1.82) is 5.26 Å². The lowest BCUT2D eigenvalue weighted by atomic mass is 9.98. The van der Waals surface area contributed by atoms with E-state index in [2.05, 4.69) is 11.1 Å². The summed E-state index contributed by atoms with van der Waals surface area (Å²) in [6, 6.07) is 7.69. The molecule has 0 saturated carbocycles. The fraction of sp³-hybridized carbons (Fsp3) is 0.458. The fourth-order valence-electron chi connectivity index (χ4n) is 4.87. The number of pyridine rings is 1. The lowest BCUT2D eigenvalue weighted by Crippen LogP contribution is -2.39. The Hall–Kier alpha value is -3.51. The van der Waals surface area contributed by atoms with Crippen LogP contribution in [0.25, 0.3) is 5.65 Å². The number of likely N-dealkylation sites (tertiary alicyclic amines) is 1. The number of hydrogen-bond acceptors (Lipinski definition) is 7. The Kier molecular flexibility index (Phi) is 5.46. The van der Waals surface area contributed by atoms with E-state index in [1.54, 1.807) is 10.7 Å². The average molecular weight is 446 g/mol. The minimum Gasteiger partial charge on any atom is -0.390 e. The van der Waals surface area contributed by atoms with Gasteiger partial charge in [0.15, 0.2) is 5.65 Å². The lowest BCUT2D eigenvalue weighted by Gasteiger charge is -2.34. The van der Waals surface area contributed by atoms with Crippen LogP contribution in [0.15, 0.2) is 30.6 Å². The van der Waals surface area contributed by atoms with Crippen molar-refractivity contribution < 1.29 is 9.90 Å². The van der Waals surface area contributed by atoms with Gasteiger partial charge in [-0.25, -0.2) is 9.50 Å². The Morgan fingerprint density at radius 2 is 2.09 bits per heavy atom. The Labute approximate surface area is 192 Å². The van der Waals surface area contributed by atoms with Crippen LogP contribution in [0.1, 0.15) is 52.6 Å². The van der Waals surface area contributed by atoms with Gasteiger partial charge in [0.2, 0.25) is 0 Å². The van der Waals surface area contributed by atoms with Crippen molar-refractivity contribution in [2.24, 2.45) is 5.92 Å². The van der Waals surface area contributed by atoms with E-state index in [-0.39, 0.29) is 11.9 Å². The summed E-state index contributed by atoms with van der Waals surface area (Å²) in [6.07, 6.45) is 5.75. The maximum atomic E-state index is 13.3. The van der Waals surface area contributed by atoms with E-state index in [1.807, 2.05) is 48.0 Å². The largest absolute Gasteiger partial charge is 0.390 e. The summed E-state index contributed by atoms with van der Waals surface area (Å²) in [5, 5.41) is 24.2. The standard InChI is InChI=1S/C24H27N7O2/c1-15-6-7-26-19(9-15)24(33)30-8-4-3-5-20(30)18-10-22-27-23(16(2)12-31(22)28-18)29-13-17(11-25)21(32)14-29/h6-7,9-10,12,17,20-21,32H,3-5,8,13-14H2,1-2H3. The van der Waals surface area contributed by atoms with Gasteiger partial charge in [0.1, 0.15) is 11.5 Å². The first kappa shape index (κ1) is 21.3. The van der Waals surface area contributed by atoms with Gasteiger partial charge in [0.05, 0.1) is 29.8 Å². The SMILES string of the molecule is Cc1ccnc(C(=O)N2CCCCC2c2cc3nc(N4CC(O)C(C#N)C4)c(C)cn3n2)c1. The van der Waals surface area contributed by atoms with E-state index < -0.39 is 12.0 Å². The Bertz CT molecular complexity index is 1250. The van der Waals surface area contributed by atoms with Crippen LogP contribution in [0, 0.1) is 31.1 Å². The molecule has 0 aromatic carbocycles. The number of hydrogen-bond donors (Lipinski definition) is 1. The number of anilines is 1. The molecule has 2 aliphatic rings. The topological polar surface area (TPSA) is 111 Å². The van der Waals surface area contributed by atoms with Crippen LogP contribution in [0.2, 0.25) is 0 Å². The first-order valence-electron chi connectivity index (χ1n) is 11.4. The molecule has 2 fully saturated rings. The summed E-state index contributed by atoms with van der Waals surface area (Å²) in [6.45, 7) is 5.42. The molecule has 3 aromatic rings. The van der Waals surface area contributed by atoms with Crippen molar-refractivity contribution in [3.05, 3.63) is 53.1 Å². The molecule has 2 saturated heterocycles. The molecular weight excluding hydrogens is 418 g/mol. The van der Waals surface area contributed by atoms with E-state index >= 15 is 0 Å². The molecule has 3 atom stereocenters. The molecular formula is C24H27N7O2. The molecule has 5 rings (SSSR count). The maximum Gasteiger partial charge on any atom is 0.273 e. The normalized spacial score (nSPS) is 23.2.